The Morgan fingerprint density at radius 1 is 1.04 bits per heavy atom. The Labute approximate surface area is 150 Å². The topological polar surface area (TPSA) is 71.1 Å². The van der Waals surface area contributed by atoms with Gasteiger partial charge in [0, 0.05) is 29.1 Å². The fourth-order valence-electron chi connectivity index (χ4n) is 2.10. The molecule has 6 heteroatoms. The van der Waals surface area contributed by atoms with E-state index in [-0.39, 0.29) is 11.8 Å². The Morgan fingerprint density at radius 3 is 2.38 bits per heavy atom. The Bertz CT molecular complexity index is 702. The first-order valence-electron chi connectivity index (χ1n) is 7.90. The molecule has 2 aromatic rings. The Hall–Kier alpha value is -2.21. The molecule has 0 spiro atoms. The highest BCUT2D eigenvalue weighted by atomic mass is 79.9. The number of nitrogens with zero attached hydrogens (tertiary/aromatic N) is 1. The summed E-state index contributed by atoms with van der Waals surface area (Å²) in [7, 11) is 0. The van der Waals surface area contributed by atoms with Crippen molar-refractivity contribution in [2.75, 3.05) is 11.9 Å². The van der Waals surface area contributed by atoms with Gasteiger partial charge >= 0.3 is 0 Å². The van der Waals surface area contributed by atoms with Crippen LogP contribution in [0, 0.1) is 0 Å². The average Bonchev–Trinajstić information content (AvgIpc) is 2.60. The van der Waals surface area contributed by atoms with Gasteiger partial charge in [0.25, 0.3) is 11.8 Å². The van der Waals surface area contributed by atoms with Crippen molar-refractivity contribution < 1.29 is 9.59 Å². The Balaban J connectivity index is 1.99. The number of carbonyl (C=O) groups is 2. The molecule has 5 nitrogen and oxygen atoms in total. The number of hydrogen-bond donors (Lipinski definition) is 2. The lowest BCUT2D eigenvalue weighted by Gasteiger charge is -2.07. The minimum absolute atomic E-state index is 0.211. The quantitative estimate of drug-likeness (QED) is 0.702. The molecule has 0 atom stereocenters. The molecule has 2 amide bonds. The summed E-state index contributed by atoms with van der Waals surface area (Å²) in [5.74, 6) is -0.512. The molecule has 0 unspecified atom stereocenters. The lowest BCUT2D eigenvalue weighted by atomic mass is 10.1. The molecule has 0 aliphatic rings. The van der Waals surface area contributed by atoms with Crippen LogP contribution in [-0.2, 0) is 0 Å². The minimum atomic E-state index is -0.301. The van der Waals surface area contributed by atoms with Crippen LogP contribution < -0.4 is 10.6 Å². The van der Waals surface area contributed by atoms with E-state index < -0.39 is 0 Å². The zero-order chi connectivity index (χ0) is 17.4. The normalized spacial score (nSPS) is 10.2. The van der Waals surface area contributed by atoms with Gasteiger partial charge in [-0.2, -0.15) is 0 Å². The minimum Gasteiger partial charge on any atom is -0.352 e. The van der Waals surface area contributed by atoms with E-state index >= 15 is 0 Å². The van der Waals surface area contributed by atoms with Crippen LogP contribution in [0.5, 0.6) is 0 Å². The summed E-state index contributed by atoms with van der Waals surface area (Å²) < 4.78 is 0.934. The number of nitrogens with one attached hydrogen (secondary N) is 2. The van der Waals surface area contributed by atoms with Crippen molar-refractivity contribution in [3.63, 3.8) is 0 Å². The summed E-state index contributed by atoms with van der Waals surface area (Å²) in [6, 6.07) is 8.82. The summed E-state index contributed by atoms with van der Waals surface area (Å²) >= 11 is 3.35. The molecule has 1 heterocycles. The first kappa shape index (κ1) is 18.1. The van der Waals surface area contributed by atoms with Crippen molar-refractivity contribution in [2.45, 2.75) is 26.2 Å². The average molecular weight is 390 g/mol. The van der Waals surface area contributed by atoms with Crippen molar-refractivity contribution in [1.82, 2.24) is 10.3 Å². The fourth-order valence-corrected chi connectivity index (χ4v) is 2.37. The van der Waals surface area contributed by atoms with E-state index in [1.165, 1.54) is 12.4 Å². The van der Waals surface area contributed by atoms with E-state index in [2.05, 4.69) is 38.5 Å². The van der Waals surface area contributed by atoms with Gasteiger partial charge in [-0.15, -0.1) is 0 Å². The van der Waals surface area contributed by atoms with Gasteiger partial charge in [-0.25, -0.2) is 0 Å². The predicted molar refractivity (Wildman–Crippen MR) is 98.2 cm³/mol. The number of aromatic nitrogens is 1. The van der Waals surface area contributed by atoms with E-state index in [9.17, 15) is 9.59 Å². The fraction of sp³-hybridized carbons (Fsp3) is 0.278. The lowest BCUT2D eigenvalue weighted by molar-refractivity contribution is 0.0952. The molecule has 0 saturated carbocycles. The molecule has 24 heavy (non-hydrogen) atoms. The van der Waals surface area contributed by atoms with Crippen LogP contribution in [0.4, 0.5) is 5.69 Å². The summed E-state index contributed by atoms with van der Waals surface area (Å²) in [4.78, 5) is 28.4. The van der Waals surface area contributed by atoms with E-state index in [4.69, 9.17) is 0 Å². The van der Waals surface area contributed by atoms with Crippen LogP contribution in [0.2, 0.25) is 0 Å². The van der Waals surface area contributed by atoms with E-state index in [0.29, 0.717) is 23.4 Å². The number of benzene rings is 1. The molecule has 0 saturated heterocycles. The lowest BCUT2D eigenvalue weighted by Crippen LogP contribution is -2.25. The van der Waals surface area contributed by atoms with E-state index in [1.54, 1.807) is 18.2 Å². The predicted octanol–water partition coefficient (Wildman–Crippen LogP) is 4.02. The maximum absolute atomic E-state index is 12.3. The highest BCUT2D eigenvalue weighted by Gasteiger charge is 2.11. The summed E-state index contributed by atoms with van der Waals surface area (Å²) in [5.41, 5.74) is 1.41. The van der Waals surface area contributed by atoms with Crippen molar-refractivity contribution >= 4 is 33.4 Å². The third kappa shape index (κ3) is 5.45. The molecule has 1 aromatic carbocycles. The molecular weight excluding hydrogens is 370 g/mol. The van der Waals surface area contributed by atoms with E-state index in [0.717, 1.165) is 23.7 Å². The summed E-state index contributed by atoms with van der Waals surface area (Å²) in [6.07, 6.45) is 6.03. The number of anilines is 1. The van der Waals surface area contributed by atoms with Gasteiger partial charge in [0.2, 0.25) is 0 Å². The van der Waals surface area contributed by atoms with Crippen molar-refractivity contribution in [3.05, 3.63) is 58.3 Å². The standard InChI is InChI=1S/C18H20BrN3O2/c1-2-3-4-9-21-17(23)13-10-14(12-20-11-13)18(24)22-16-7-5-15(19)6-8-16/h5-8,10-12H,2-4,9H2,1H3,(H,21,23)(H,22,24). The molecule has 2 rings (SSSR count). The van der Waals surface area contributed by atoms with E-state index in [1.807, 2.05) is 12.1 Å². The molecule has 1 aromatic heterocycles. The van der Waals surface area contributed by atoms with Gasteiger partial charge in [-0.05, 0) is 36.8 Å². The number of pyridine rings is 1. The summed E-state index contributed by atoms with van der Waals surface area (Å²) in [5, 5.41) is 5.62. The number of unbranched alkanes of at least 4 members (excludes halogenated alkanes) is 2. The van der Waals surface area contributed by atoms with Gasteiger partial charge in [0.05, 0.1) is 11.1 Å². The SMILES string of the molecule is CCCCCNC(=O)c1cncc(C(=O)Nc2ccc(Br)cc2)c1. The molecule has 2 N–H and O–H groups in total. The van der Waals surface area contributed by atoms with Crippen LogP contribution in [0.25, 0.3) is 0 Å². The van der Waals surface area contributed by atoms with Crippen LogP contribution in [-0.4, -0.2) is 23.3 Å². The van der Waals surface area contributed by atoms with Crippen LogP contribution in [0.15, 0.2) is 47.2 Å². The zero-order valence-electron chi connectivity index (χ0n) is 13.5. The highest BCUT2D eigenvalue weighted by Crippen LogP contribution is 2.15. The first-order valence-corrected chi connectivity index (χ1v) is 8.69. The second-order valence-electron chi connectivity index (χ2n) is 5.39. The summed E-state index contributed by atoms with van der Waals surface area (Å²) in [6.45, 7) is 2.74. The largest absolute Gasteiger partial charge is 0.352 e. The second-order valence-corrected chi connectivity index (χ2v) is 6.30. The molecule has 0 aliphatic carbocycles. The van der Waals surface area contributed by atoms with Gasteiger partial charge in [0.1, 0.15) is 0 Å². The molecular formula is C18H20BrN3O2. The third-order valence-corrected chi connectivity index (χ3v) is 3.96. The molecule has 0 aliphatic heterocycles. The first-order chi connectivity index (χ1) is 11.6. The molecule has 126 valence electrons. The molecule has 0 radical (unpaired) electrons. The van der Waals surface area contributed by atoms with Crippen LogP contribution >= 0.6 is 15.9 Å². The second kappa shape index (κ2) is 9.17. The number of rotatable bonds is 7. The van der Waals surface area contributed by atoms with Gasteiger partial charge < -0.3 is 10.6 Å². The van der Waals surface area contributed by atoms with Gasteiger partial charge in [0.15, 0.2) is 0 Å². The third-order valence-electron chi connectivity index (χ3n) is 3.43. The molecule has 0 bridgehead atoms. The monoisotopic (exact) mass is 389 g/mol. The van der Waals surface area contributed by atoms with Gasteiger partial charge in [-0.1, -0.05) is 35.7 Å². The van der Waals surface area contributed by atoms with Gasteiger partial charge in [-0.3, -0.25) is 14.6 Å². The number of hydrogen-bond acceptors (Lipinski definition) is 3. The smallest absolute Gasteiger partial charge is 0.257 e. The Morgan fingerprint density at radius 2 is 1.71 bits per heavy atom. The zero-order valence-corrected chi connectivity index (χ0v) is 15.1. The van der Waals surface area contributed by atoms with Crippen LogP contribution in [0.1, 0.15) is 46.9 Å². The van der Waals surface area contributed by atoms with Crippen molar-refractivity contribution in [2.24, 2.45) is 0 Å². The van der Waals surface area contributed by atoms with Crippen molar-refractivity contribution in [3.8, 4) is 0 Å². The maximum atomic E-state index is 12.3. The number of amides is 2. The number of carbonyl (C=O) groups excluding carboxylic acids is 2. The highest BCUT2D eigenvalue weighted by molar-refractivity contribution is 9.10. The van der Waals surface area contributed by atoms with Crippen LogP contribution in [0.3, 0.4) is 0 Å². The van der Waals surface area contributed by atoms with Crippen molar-refractivity contribution in [1.29, 1.82) is 0 Å². The molecule has 0 fully saturated rings. The maximum Gasteiger partial charge on any atom is 0.257 e. The number of halogens is 1. The Kier molecular flexibility index (Phi) is 6.93.